The lowest BCUT2D eigenvalue weighted by Crippen LogP contribution is -2.63. The van der Waals surface area contributed by atoms with Gasteiger partial charge >= 0.3 is 0 Å². The van der Waals surface area contributed by atoms with Gasteiger partial charge in [0.25, 0.3) is 11.8 Å². The van der Waals surface area contributed by atoms with Crippen LogP contribution < -0.4 is 10.6 Å². The Hall–Kier alpha value is -2.38. The maximum absolute atomic E-state index is 13.0. The van der Waals surface area contributed by atoms with Crippen LogP contribution >= 0.6 is 0 Å². The van der Waals surface area contributed by atoms with Crippen LogP contribution in [0.15, 0.2) is 6.07 Å². The van der Waals surface area contributed by atoms with Crippen LogP contribution in [0.1, 0.15) is 66.4 Å². The van der Waals surface area contributed by atoms with Gasteiger partial charge in [0.15, 0.2) is 5.69 Å². The molecule has 3 amide bonds. The maximum Gasteiger partial charge on any atom is 0.272 e. The van der Waals surface area contributed by atoms with E-state index in [1.807, 2.05) is 0 Å². The van der Waals surface area contributed by atoms with Gasteiger partial charge in [0.2, 0.25) is 5.91 Å². The quantitative estimate of drug-likeness (QED) is 0.783. The Morgan fingerprint density at radius 3 is 2.50 bits per heavy atom. The molecule has 26 heavy (non-hydrogen) atoms. The highest BCUT2D eigenvalue weighted by Gasteiger charge is 2.46. The van der Waals surface area contributed by atoms with E-state index in [9.17, 15) is 14.4 Å². The van der Waals surface area contributed by atoms with Crippen molar-refractivity contribution >= 4 is 17.7 Å². The van der Waals surface area contributed by atoms with Crippen molar-refractivity contribution in [2.45, 2.75) is 63.6 Å². The van der Waals surface area contributed by atoms with E-state index in [1.54, 1.807) is 14.0 Å². The molecule has 1 fully saturated rings. The number of hydrogen-bond acceptors (Lipinski definition) is 4. The number of fused-ring (bicyclic) bond motifs is 1. The standard InChI is InChI=1S/C18H27N5O3/c1-18(17(26)20-12-8-6-4-5-7-9-12)11-23-14(16(25)22(18)3)10-13(21-23)15(24)19-2/h10,12H,4-9,11H2,1-3H3,(H,19,24)(H,20,26)/t18-/m1/s1. The highest BCUT2D eigenvalue weighted by Crippen LogP contribution is 2.27. The third-order valence-electron chi connectivity index (χ3n) is 5.64. The number of amides is 3. The second-order valence-electron chi connectivity index (χ2n) is 7.45. The van der Waals surface area contributed by atoms with Gasteiger partial charge in [0.1, 0.15) is 11.2 Å². The summed E-state index contributed by atoms with van der Waals surface area (Å²) in [5, 5.41) is 9.86. The van der Waals surface area contributed by atoms with Crippen molar-refractivity contribution in [2.24, 2.45) is 0 Å². The first-order valence-electron chi connectivity index (χ1n) is 9.26. The van der Waals surface area contributed by atoms with Crippen molar-refractivity contribution in [2.75, 3.05) is 14.1 Å². The van der Waals surface area contributed by atoms with Crippen molar-refractivity contribution in [3.63, 3.8) is 0 Å². The molecule has 8 nitrogen and oxygen atoms in total. The summed E-state index contributed by atoms with van der Waals surface area (Å²) in [7, 11) is 3.14. The SMILES string of the molecule is CNC(=O)c1cc2n(n1)C[C@](C)(C(=O)NC1CCCCCC1)N(C)C2=O. The normalized spacial score (nSPS) is 24.0. The van der Waals surface area contributed by atoms with Gasteiger partial charge in [-0.1, -0.05) is 25.7 Å². The molecular weight excluding hydrogens is 334 g/mol. The van der Waals surface area contributed by atoms with Crippen molar-refractivity contribution in [3.05, 3.63) is 17.5 Å². The van der Waals surface area contributed by atoms with Gasteiger partial charge in [0, 0.05) is 26.2 Å². The van der Waals surface area contributed by atoms with E-state index in [1.165, 1.54) is 35.5 Å². The number of aromatic nitrogens is 2. The highest BCUT2D eigenvalue weighted by atomic mass is 16.2. The van der Waals surface area contributed by atoms with E-state index in [-0.39, 0.29) is 36.0 Å². The Morgan fingerprint density at radius 2 is 1.88 bits per heavy atom. The third kappa shape index (κ3) is 3.20. The van der Waals surface area contributed by atoms with Gasteiger partial charge in [-0.25, -0.2) is 0 Å². The molecule has 1 atom stereocenters. The van der Waals surface area contributed by atoms with Gasteiger partial charge in [-0.15, -0.1) is 0 Å². The predicted octanol–water partition coefficient (Wildman–Crippen LogP) is 0.926. The Labute approximate surface area is 153 Å². The van der Waals surface area contributed by atoms with E-state index in [0.717, 1.165) is 25.7 Å². The van der Waals surface area contributed by atoms with Gasteiger partial charge in [0.05, 0.1) is 6.54 Å². The lowest BCUT2D eigenvalue weighted by molar-refractivity contribution is -0.133. The zero-order valence-corrected chi connectivity index (χ0v) is 15.7. The van der Waals surface area contributed by atoms with E-state index < -0.39 is 5.54 Å². The second kappa shape index (κ2) is 7.09. The molecule has 8 heteroatoms. The minimum atomic E-state index is -1.04. The topological polar surface area (TPSA) is 96.3 Å². The molecule has 0 saturated heterocycles. The summed E-state index contributed by atoms with van der Waals surface area (Å²) in [6, 6.07) is 1.63. The zero-order chi connectivity index (χ0) is 18.9. The number of carbonyl (C=O) groups excluding carboxylic acids is 3. The zero-order valence-electron chi connectivity index (χ0n) is 15.7. The van der Waals surface area contributed by atoms with Crippen molar-refractivity contribution in [1.29, 1.82) is 0 Å². The summed E-state index contributed by atoms with van der Waals surface area (Å²) in [4.78, 5) is 39.1. The van der Waals surface area contributed by atoms with Crippen LogP contribution in [-0.2, 0) is 11.3 Å². The Kier molecular flexibility index (Phi) is 5.02. The van der Waals surface area contributed by atoms with Crippen LogP contribution in [-0.4, -0.2) is 58.1 Å². The van der Waals surface area contributed by atoms with E-state index in [4.69, 9.17) is 0 Å². The molecule has 2 aliphatic rings. The Bertz CT molecular complexity index is 720. The Morgan fingerprint density at radius 1 is 1.23 bits per heavy atom. The molecule has 1 aliphatic carbocycles. The van der Waals surface area contributed by atoms with Crippen LogP contribution in [0.3, 0.4) is 0 Å². The van der Waals surface area contributed by atoms with Gasteiger partial charge in [-0.2, -0.15) is 5.10 Å². The summed E-state index contributed by atoms with van der Waals surface area (Å²) >= 11 is 0. The summed E-state index contributed by atoms with van der Waals surface area (Å²) in [6.45, 7) is 1.97. The first-order valence-corrected chi connectivity index (χ1v) is 9.26. The Balaban J connectivity index is 1.82. The predicted molar refractivity (Wildman–Crippen MR) is 95.7 cm³/mol. The lowest BCUT2D eigenvalue weighted by Gasteiger charge is -2.41. The smallest absolute Gasteiger partial charge is 0.272 e. The molecule has 0 radical (unpaired) electrons. The average Bonchev–Trinajstić information content (AvgIpc) is 2.87. The van der Waals surface area contributed by atoms with Crippen LogP contribution in [0.5, 0.6) is 0 Å². The first kappa shape index (κ1) is 18.4. The molecule has 142 valence electrons. The fraction of sp³-hybridized carbons (Fsp3) is 0.667. The number of likely N-dealkylation sites (N-methyl/N-ethyl adjacent to an activating group) is 1. The molecule has 1 saturated carbocycles. The van der Waals surface area contributed by atoms with E-state index in [0.29, 0.717) is 5.69 Å². The molecule has 2 N–H and O–H groups in total. The molecule has 0 unspecified atom stereocenters. The summed E-state index contributed by atoms with van der Waals surface area (Å²) in [5.41, 5.74) is -0.536. The molecular formula is C18H27N5O3. The first-order chi connectivity index (χ1) is 12.4. The molecule has 1 aliphatic heterocycles. The number of carbonyl (C=O) groups is 3. The summed E-state index contributed by atoms with van der Waals surface area (Å²) in [5.74, 6) is -0.827. The second-order valence-corrected chi connectivity index (χ2v) is 7.45. The van der Waals surface area contributed by atoms with Crippen molar-refractivity contribution < 1.29 is 14.4 Å². The largest absolute Gasteiger partial charge is 0.354 e. The number of nitrogens with one attached hydrogen (secondary N) is 2. The van der Waals surface area contributed by atoms with Crippen LogP contribution in [0.2, 0.25) is 0 Å². The third-order valence-corrected chi connectivity index (χ3v) is 5.64. The number of hydrogen-bond donors (Lipinski definition) is 2. The van der Waals surface area contributed by atoms with Crippen molar-refractivity contribution in [1.82, 2.24) is 25.3 Å². The number of rotatable bonds is 3. The minimum absolute atomic E-state index is 0.158. The molecule has 0 bridgehead atoms. The van der Waals surface area contributed by atoms with Gasteiger partial charge in [-0.3, -0.25) is 19.1 Å². The molecule has 1 aromatic rings. The van der Waals surface area contributed by atoms with Gasteiger partial charge < -0.3 is 15.5 Å². The van der Waals surface area contributed by atoms with E-state index in [2.05, 4.69) is 15.7 Å². The molecule has 1 aromatic heterocycles. The fourth-order valence-electron chi connectivity index (χ4n) is 3.73. The maximum atomic E-state index is 13.0. The van der Waals surface area contributed by atoms with Crippen LogP contribution in [0, 0.1) is 0 Å². The average molecular weight is 361 g/mol. The molecule has 0 aromatic carbocycles. The van der Waals surface area contributed by atoms with Crippen LogP contribution in [0.4, 0.5) is 0 Å². The molecule has 3 rings (SSSR count). The minimum Gasteiger partial charge on any atom is -0.354 e. The van der Waals surface area contributed by atoms with Crippen molar-refractivity contribution in [3.8, 4) is 0 Å². The lowest BCUT2D eigenvalue weighted by atomic mass is 9.95. The van der Waals surface area contributed by atoms with Gasteiger partial charge in [-0.05, 0) is 19.8 Å². The molecule has 2 heterocycles. The monoisotopic (exact) mass is 361 g/mol. The summed E-state index contributed by atoms with van der Waals surface area (Å²) in [6.07, 6.45) is 6.62. The highest BCUT2D eigenvalue weighted by molar-refractivity contribution is 6.01. The van der Waals surface area contributed by atoms with E-state index >= 15 is 0 Å². The number of nitrogens with zero attached hydrogens (tertiary/aromatic N) is 3. The van der Waals surface area contributed by atoms with Crippen LogP contribution in [0.25, 0.3) is 0 Å². The fourth-order valence-corrected chi connectivity index (χ4v) is 3.73. The molecule has 0 spiro atoms. The summed E-state index contributed by atoms with van der Waals surface area (Å²) < 4.78 is 1.47.